The van der Waals surface area contributed by atoms with E-state index in [-0.39, 0.29) is 38.7 Å². The maximum absolute atomic E-state index is 13.3. The molecule has 0 unspecified atom stereocenters. The molecular weight excluding hydrogens is 469 g/mol. The molecular formula is C21H18ClF3N2O4S. The second kappa shape index (κ2) is 8.42. The highest BCUT2D eigenvalue weighted by Gasteiger charge is 2.40. The fourth-order valence-corrected chi connectivity index (χ4v) is 5.49. The lowest BCUT2D eigenvalue weighted by atomic mass is 10.1. The van der Waals surface area contributed by atoms with Crippen molar-refractivity contribution in [3.8, 4) is 5.75 Å². The van der Waals surface area contributed by atoms with Gasteiger partial charge in [0, 0.05) is 36.8 Å². The molecule has 2 aliphatic rings. The van der Waals surface area contributed by atoms with Gasteiger partial charge in [-0.05, 0) is 36.4 Å². The standard InChI is InChI=1S/C21H18ClF3N2O4S/c22-16-5-6-18-14(12-16)11-15(13-31-18)20(28)26-7-9-27(10-8-26)32(29,30)19-4-2-1-3-17(19)21(23,24)25/h1-6,11-12H,7-10,13H2. The van der Waals surface area contributed by atoms with Gasteiger partial charge in [0.1, 0.15) is 12.4 Å². The summed E-state index contributed by atoms with van der Waals surface area (Å²) in [5.41, 5.74) is -0.157. The van der Waals surface area contributed by atoms with Crippen LogP contribution < -0.4 is 4.74 Å². The molecule has 4 rings (SSSR count). The number of amides is 1. The Morgan fingerprint density at radius 2 is 1.72 bits per heavy atom. The first-order valence-electron chi connectivity index (χ1n) is 9.66. The lowest BCUT2D eigenvalue weighted by Gasteiger charge is -2.35. The van der Waals surface area contributed by atoms with Crippen molar-refractivity contribution in [1.29, 1.82) is 0 Å². The van der Waals surface area contributed by atoms with Crippen LogP contribution >= 0.6 is 11.6 Å². The molecule has 170 valence electrons. The monoisotopic (exact) mass is 486 g/mol. The highest BCUT2D eigenvalue weighted by Crippen LogP contribution is 2.35. The molecule has 0 atom stereocenters. The van der Waals surface area contributed by atoms with Gasteiger partial charge in [-0.2, -0.15) is 17.5 Å². The summed E-state index contributed by atoms with van der Waals surface area (Å²) in [6.45, 7) is -0.0729. The minimum Gasteiger partial charge on any atom is -0.488 e. The Morgan fingerprint density at radius 3 is 2.41 bits per heavy atom. The van der Waals surface area contributed by atoms with Gasteiger partial charge in [-0.15, -0.1) is 0 Å². The number of carbonyl (C=O) groups is 1. The molecule has 2 heterocycles. The lowest BCUT2D eigenvalue weighted by molar-refractivity contribution is -0.139. The smallest absolute Gasteiger partial charge is 0.417 e. The quantitative estimate of drug-likeness (QED) is 0.664. The summed E-state index contributed by atoms with van der Waals surface area (Å²) < 4.78 is 72.2. The molecule has 0 aromatic heterocycles. The van der Waals surface area contributed by atoms with Gasteiger partial charge in [0.05, 0.1) is 16.0 Å². The molecule has 2 aliphatic heterocycles. The second-order valence-electron chi connectivity index (χ2n) is 7.33. The van der Waals surface area contributed by atoms with Gasteiger partial charge in [-0.3, -0.25) is 4.79 Å². The van der Waals surface area contributed by atoms with E-state index < -0.39 is 26.7 Å². The van der Waals surface area contributed by atoms with Gasteiger partial charge in [-0.1, -0.05) is 23.7 Å². The summed E-state index contributed by atoms with van der Waals surface area (Å²) in [7, 11) is -4.37. The van der Waals surface area contributed by atoms with E-state index in [1.165, 1.54) is 11.0 Å². The van der Waals surface area contributed by atoms with Crippen LogP contribution in [0.4, 0.5) is 13.2 Å². The van der Waals surface area contributed by atoms with Crippen molar-refractivity contribution in [1.82, 2.24) is 9.21 Å². The summed E-state index contributed by atoms with van der Waals surface area (Å²) in [4.78, 5) is 13.6. The Bertz CT molecular complexity index is 1190. The maximum Gasteiger partial charge on any atom is 0.417 e. The van der Waals surface area contributed by atoms with E-state index in [1.807, 2.05) is 0 Å². The van der Waals surface area contributed by atoms with Gasteiger partial charge < -0.3 is 9.64 Å². The Kier molecular flexibility index (Phi) is 5.95. The topological polar surface area (TPSA) is 66.9 Å². The highest BCUT2D eigenvalue weighted by molar-refractivity contribution is 7.89. The molecule has 1 saturated heterocycles. The summed E-state index contributed by atoms with van der Waals surface area (Å²) in [5, 5.41) is 0.496. The van der Waals surface area contributed by atoms with E-state index in [1.54, 1.807) is 24.3 Å². The summed E-state index contributed by atoms with van der Waals surface area (Å²) in [6.07, 6.45) is -3.12. The van der Waals surface area contributed by atoms with Gasteiger partial charge >= 0.3 is 6.18 Å². The van der Waals surface area contributed by atoms with E-state index in [2.05, 4.69) is 0 Å². The van der Waals surface area contributed by atoms with Crippen LogP contribution in [0.5, 0.6) is 5.75 Å². The van der Waals surface area contributed by atoms with Gasteiger partial charge in [-0.25, -0.2) is 8.42 Å². The van der Waals surface area contributed by atoms with E-state index in [9.17, 15) is 26.4 Å². The third kappa shape index (κ3) is 4.35. The first-order chi connectivity index (χ1) is 15.1. The third-order valence-corrected chi connectivity index (χ3v) is 7.49. The number of alkyl halides is 3. The van der Waals surface area contributed by atoms with Crippen molar-refractivity contribution in [3.63, 3.8) is 0 Å². The number of ether oxygens (including phenoxy) is 1. The molecule has 11 heteroatoms. The maximum atomic E-state index is 13.3. The van der Waals surface area contributed by atoms with E-state index in [0.717, 1.165) is 22.5 Å². The molecule has 0 N–H and O–H groups in total. The van der Waals surface area contributed by atoms with Crippen molar-refractivity contribution in [2.24, 2.45) is 0 Å². The zero-order valence-electron chi connectivity index (χ0n) is 16.6. The number of piperazine rings is 1. The minimum atomic E-state index is -4.80. The minimum absolute atomic E-state index is 0.0476. The van der Waals surface area contributed by atoms with Crippen LogP contribution in [0, 0.1) is 0 Å². The second-order valence-corrected chi connectivity index (χ2v) is 9.67. The number of carbonyl (C=O) groups excluding carboxylic acids is 1. The highest BCUT2D eigenvalue weighted by atomic mass is 35.5. The van der Waals surface area contributed by atoms with E-state index in [4.69, 9.17) is 16.3 Å². The van der Waals surface area contributed by atoms with Crippen molar-refractivity contribution >= 4 is 33.6 Å². The zero-order valence-corrected chi connectivity index (χ0v) is 18.2. The van der Waals surface area contributed by atoms with Crippen LogP contribution in [0.25, 0.3) is 6.08 Å². The van der Waals surface area contributed by atoms with Crippen molar-refractivity contribution < 1.29 is 31.1 Å². The number of hydrogen-bond acceptors (Lipinski definition) is 4. The van der Waals surface area contributed by atoms with E-state index >= 15 is 0 Å². The molecule has 1 amide bonds. The lowest BCUT2D eigenvalue weighted by Crippen LogP contribution is -2.51. The van der Waals surface area contributed by atoms with Crippen LogP contribution in [-0.4, -0.2) is 56.3 Å². The van der Waals surface area contributed by atoms with Crippen LogP contribution in [-0.2, 0) is 21.0 Å². The zero-order chi connectivity index (χ0) is 23.1. The van der Waals surface area contributed by atoms with Crippen LogP contribution in [0.1, 0.15) is 11.1 Å². The molecule has 2 aromatic carbocycles. The van der Waals surface area contributed by atoms with Gasteiger partial charge in [0.15, 0.2) is 0 Å². The van der Waals surface area contributed by atoms with Gasteiger partial charge in [0.25, 0.3) is 5.91 Å². The number of halogens is 4. The average Bonchev–Trinajstić information content (AvgIpc) is 2.77. The van der Waals surface area contributed by atoms with E-state index in [0.29, 0.717) is 21.9 Å². The Balaban J connectivity index is 1.49. The largest absolute Gasteiger partial charge is 0.488 e. The van der Waals surface area contributed by atoms with Gasteiger partial charge in [0.2, 0.25) is 10.0 Å². The molecule has 0 saturated carbocycles. The molecule has 1 fully saturated rings. The normalized spacial score (nSPS) is 17.4. The third-order valence-electron chi connectivity index (χ3n) is 5.30. The number of rotatable bonds is 3. The average molecular weight is 487 g/mol. The summed E-state index contributed by atoms with van der Waals surface area (Å²) >= 11 is 5.99. The fourth-order valence-electron chi connectivity index (χ4n) is 3.67. The first-order valence-corrected chi connectivity index (χ1v) is 11.5. The Morgan fingerprint density at radius 1 is 1.03 bits per heavy atom. The SMILES string of the molecule is O=C(C1=Cc2cc(Cl)ccc2OC1)N1CCN(S(=O)(=O)c2ccccc2C(F)(F)F)CC1. The number of hydrogen-bond donors (Lipinski definition) is 0. The molecule has 0 radical (unpaired) electrons. The van der Waals surface area contributed by atoms with Crippen molar-refractivity contribution in [2.75, 3.05) is 32.8 Å². The predicted octanol–water partition coefficient (Wildman–Crippen LogP) is 3.67. The molecule has 0 spiro atoms. The fraction of sp³-hybridized carbons (Fsp3) is 0.286. The number of nitrogens with zero attached hydrogens (tertiary/aromatic N) is 2. The summed E-state index contributed by atoms with van der Waals surface area (Å²) in [6, 6.07) is 9.14. The van der Waals surface area contributed by atoms with Crippen molar-refractivity contribution in [2.45, 2.75) is 11.1 Å². The molecule has 2 aromatic rings. The van der Waals surface area contributed by atoms with Crippen LogP contribution in [0.15, 0.2) is 52.9 Å². The summed E-state index contributed by atoms with van der Waals surface area (Å²) in [5.74, 6) is 0.286. The number of fused-ring (bicyclic) bond motifs is 1. The molecule has 6 nitrogen and oxygen atoms in total. The Labute approximate surface area is 187 Å². The number of benzene rings is 2. The molecule has 32 heavy (non-hydrogen) atoms. The van der Waals surface area contributed by atoms with Crippen LogP contribution in [0.3, 0.4) is 0 Å². The van der Waals surface area contributed by atoms with Crippen molar-refractivity contribution in [3.05, 3.63) is 64.2 Å². The van der Waals surface area contributed by atoms with Crippen LogP contribution in [0.2, 0.25) is 5.02 Å². The molecule has 0 bridgehead atoms. The first kappa shape index (κ1) is 22.6. The molecule has 0 aliphatic carbocycles. The Hall–Kier alpha value is -2.56. The number of sulfonamides is 1. The predicted molar refractivity (Wildman–Crippen MR) is 112 cm³/mol.